The third-order valence-electron chi connectivity index (χ3n) is 3.30. The van der Waals surface area contributed by atoms with Gasteiger partial charge in [0.15, 0.2) is 0 Å². The van der Waals surface area contributed by atoms with Gasteiger partial charge in [0, 0.05) is 42.3 Å². The molecule has 1 aromatic carbocycles. The molecule has 0 radical (unpaired) electrons. The molecule has 1 aliphatic heterocycles. The Morgan fingerprint density at radius 1 is 1.25 bits per heavy atom. The maximum Gasteiger partial charge on any atom is 0.0455 e. The van der Waals surface area contributed by atoms with Crippen LogP contribution in [0.5, 0.6) is 0 Å². The predicted molar refractivity (Wildman–Crippen MR) is 93.0 cm³/mol. The zero-order valence-corrected chi connectivity index (χ0v) is 14.3. The molecule has 1 N–H and O–H groups in total. The van der Waals surface area contributed by atoms with E-state index in [4.69, 9.17) is 23.2 Å². The lowest BCUT2D eigenvalue weighted by Gasteiger charge is -2.35. The van der Waals surface area contributed by atoms with Gasteiger partial charge in [-0.2, -0.15) is 0 Å². The van der Waals surface area contributed by atoms with E-state index in [-0.39, 0.29) is 30.9 Å². The Hall–Kier alpha value is 0.0400. The summed E-state index contributed by atoms with van der Waals surface area (Å²) in [4.78, 5) is 2.44. The first kappa shape index (κ1) is 20.0. The second kappa shape index (κ2) is 9.88. The highest BCUT2D eigenvalue weighted by atomic mass is 35.5. The minimum absolute atomic E-state index is 0. The van der Waals surface area contributed by atoms with Gasteiger partial charge < -0.3 is 5.32 Å². The highest BCUT2D eigenvalue weighted by Gasteiger charge is 2.23. The third kappa shape index (κ3) is 5.10. The molecule has 2 rings (SSSR count). The molecule has 1 fully saturated rings. The summed E-state index contributed by atoms with van der Waals surface area (Å²) in [7, 11) is 0. The Bertz CT molecular complexity index is 420. The van der Waals surface area contributed by atoms with Crippen LogP contribution in [-0.4, -0.2) is 31.1 Å². The van der Waals surface area contributed by atoms with Crippen molar-refractivity contribution in [2.24, 2.45) is 0 Å². The van der Waals surface area contributed by atoms with Crippen LogP contribution in [0, 0.1) is 0 Å². The van der Waals surface area contributed by atoms with Crippen molar-refractivity contribution in [2.75, 3.05) is 26.2 Å². The molecule has 0 aromatic heterocycles. The van der Waals surface area contributed by atoms with E-state index < -0.39 is 0 Å². The van der Waals surface area contributed by atoms with E-state index in [1.807, 2.05) is 24.3 Å². The second-order valence-corrected chi connectivity index (χ2v) is 5.34. The molecule has 1 aliphatic rings. The number of piperazine rings is 1. The largest absolute Gasteiger partial charge is 0.314 e. The van der Waals surface area contributed by atoms with E-state index in [0.717, 1.165) is 48.2 Å². The fourth-order valence-electron chi connectivity index (χ4n) is 2.39. The van der Waals surface area contributed by atoms with Crippen LogP contribution in [0.15, 0.2) is 30.9 Å². The SMILES string of the molecule is C=CC[C@H](c1cc(Cl)ccc1Cl)N1CCNCC1.Cl.Cl. The van der Waals surface area contributed by atoms with Crippen LogP contribution < -0.4 is 5.32 Å². The van der Waals surface area contributed by atoms with Crippen LogP contribution in [-0.2, 0) is 0 Å². The summed E-state index contributed by atoms with van der Waals surface area (Å²) in [5.41, 5.74) is 1.10. The fraction of sp³-hybridized carbons (Fsp3) is 0.429. The lowest BCUT2D eigenvalue weighted by molar-refractivity contribution is 0.174. The van der Waals surface area contributed by atoms with Gasteiger partial charge >= 0.3 is 0 Å². The van der Waals surface area contributed by atoms with Crippen molar-refractivity contribution in [3.63, 3.8) is 0 Å². The number of hydrogen-bond acceptors (Lipinski definition) is 2. The summed E-state index contributed by atoms with van der Waals surface area (Å²) < 4.78 is 0. The average molecular weight is 358 g/mol. The van der Waals surface area contributed by atoms with Gasteiger partial charge in [-0.05, 0) is 30.2 Å². The number of halogens is 4. The minimum atomic E-state index is 0. The molecule has 114 valence electrons. The molecule has 1 atom stereocenters. The summed E-state index contributed by atoms with van der Waals surface area (Å²) in [6, 6.07) is 5.95. The molecular weight excluding hydrogens is 338 g/mol. The molecule has 2 nitrogen and oxygen atoms in total. The molecule has 0 spiro atoms. The van der Waals surface area contributed by atoms with Crippen molar-refractivity contribution in [1.29, 1.82) is 0 Å². The van der Waals surface area contributed by atoms with E-state index >= 15 is 0 Å². The summed E-state index contributed by atoms with van der Waals surface area (Å²) >= 11 is 12.4. The Balaban J connectivity index is 0.00000180. The van der Waals surface area contributed by atoms with E-state index in [1.165, 1.54) is 0 Å². The molecule has 0 amide bonds. The molecule has 0 saturated carbocycles. The Morgan fingerprint density at radius 3 is 2.50 bits per heavy atom. The highest BCUT2D eigenvalue weighted by molar-refractivity contribution is 6.33. The Kier molecular flexibility index (Phi) is 9.90. The van der Waals surface area contributed by atoms with Gasteiger partial charge in [0.1, 0.15) is 0 Å². The van der Waals surface area contributed by atoms with Gasteiger partial charge in [0.05, 0.1) is 0 Å². The topological polar surface area (TPSA) is 15.3 Å². The van der Waals surface area contributed by atoms with E-state index in [2.05, 4.69) is 16.8 Å². The van der Waals surface area contributed by atoms with Crippen LogP contribution in [0.4, 0.5) is 0 Å². The van der Waals surface area contributed by atoms with Gasteiger partial charge in [0.25, 0.3) is 0 Å². The first-order valence-electron chi connectivity index (χ1n) is 6.23. The summed E-state index contributed by atoms with van der Waals surface area (Å²) in [5.74, 6) is 0. The zero-order valence-electron chi connectivity index (χ0n) is 11.1. The van der Waals surface area contributed by atoms with Crippen LogP contribution in [0.2, 0.25) is 10.0 Å². The summed E-state index contributed by atoms with van der Waals surface area (Å²) in [6.07, 6.45) is 2.84. The van der Waals surface area contributed by atoms with Gasteiger partial charge in [-0.15, -0.1) is 31.4 Å². The predicted octanol–water partition coefficient (Wildman–Crippen LogP) is 4.36. The van der Waals surface area contributed by atoms with E-state index in [9.17, 15) is 0 Å². The minimum Gasteiger partial charge on any atom is -0.314 e. The number of benzene rings is 1. The molecular formula is C14H20Cl4N2. The Morgan fingerprint density at radius 2 is 1.90 bits per heavy atom. The summed E-state index contributed by atoms with van der Waals surface area (Å²) in [6.45, 7) is 7.95. The first-order valence-corrected chi connectivity index (χ1v) is 6.98. The smallest absolute Gasteiger partial charge is 0.0455 e. The molecule has 1 saturated heterocycles. The molecule has 20 heavy (non-hydrogen) atoms. The lowest BCUT2D eigenvalue weighted by atomic mass is 10.0. The number of hydrogen-bond donors (Lipinski definition) is 1. The van der Waals surface area contributed by atoms with E-state index in [1.54, 1.807) is 0 Å². The maximum absolute atomic E-state index is 6.31. The Labute approximate surface area is 143 Å². The van der Waals surface area contributed by atoms with Crippen molar-refractivity contribution in [3.8, 4) is 0 Å². The van der Waals surface area contributed by atoms with Gasteiger partial charge in [0.2, 0.25) is 0 Å². The highest BCUT2D eigenvalue weighted by Crippen LogP contribution is 2.32. The summed E-state index contributed by atoms with van der Waals surface area (Å²) in [5, 5.41) is 4.88. The van der Waals surface area contributed by atoms with Gasteiger partial charge in [-0.3, -0.25) is 4.90 Å². The monoisotopic (exact) mass is 356 g/mol. The van der Waals surface area contributed by atoms with Crippen LogP contribution in [0.25, 0.3) is 0 Å². The van der Waals surface area contributed by atoms with Crippen molar-refractivity contribution in [2.45, 2.75) is 12.5 Å². The molecule has 0 unspecified atom stereocenters. The molecule has 0 aliphatic carbocycles. The fourth-order valence-corrected chi connectivity index (χ4v) is 2.82. The van der Waals surface area contributed by atoms with Crippen LogP contribution in [0.3, 0.4) is 0 Å². The number of nitrogens with one attached hydrogen (secondary N) is 1. The van der Waals surface area contributed by atoms with Crippen molar-refractivity contribution in [1.82, 2.24) is 10.2 Å². The van der Waals surface area contributed by atoms with Gasteiger partial charge in [-0.1, -0.05) is 29.3 Å². The number of nitrogens with zero attached hydrogens (tertiary/aromatic N) is 1. The van der Waals surface area contributed by atoms with Crippen molar-refractivity contribution in [3.05, 3.63) is 46.5 Å². The normalized spacial score (nSPS) is 16.7. The molecule has 6 heteroatoms. The van der Waals surface area contributed by atoms with E-state index in [0.29, 0.717) is 0 Å². The second-order valence-electron chi connectivity index (χ2n) is 4.49. The maximum atomic E-state index is 6.31. The quantitative estimate of drug-likeness (QED) is 0.805. The number of rotatable bonds is 4. The molecule has 0 bridgehead atoms. The zero-order chi connectivity index (χ0) is 13.0. The third-order valence-corrected chi connectivity index (χ3v) is 3.88. The average Bonchev–Trinajstić information content (AvgIpc) is 2.40. The van der Waals surface area contributed by atoms with Crippen LogP contribution in [0.1, 0.15) is 18.0 Å². The van der Waals surface area contributed by atoms with Crippen LogP contribution >= 0.6 is 48.0 Å². The lowest BCUT2D eigenvalue weighted by Crippen LogP contribution is -2.45. The molecule has 1 heterocycles. The van der Waals surface area contributed by atoms with Crippen molar-refractivity contribution >= 4 is 48.0 Å². The molecule has 1 aromatic rings. The standard InChI is InChI=1S/C14H18Cl2N2.2ClH/c1-2-3-14(18-8-6-17-7-9-18)12-10-11(15)4-5-13(12)16;;/h2,4-5,10,14,17H,1,3,6-9H2;2*1H/t14-;;/m1../s1. The van der Waals surface area contributed by atoms with Gasteiger partial charge in [-0.25, -0.2) is 0 Å². The van der Waals surface area contributed by atoms with Crippen molar-refractivity contribution < 1.29 is 0 Å². The first-order chi connectivity index (χ1) is 8.72.